The van der Waals surface area contributed by atoms with Crippen LogP contribution in [0.4, 0.5) is 36.2 Å². The Morgan fingerprint density at radius 2 is 1.63 bits per heavy atom. The monoisotopic (exact) mass is 815 g/mol. The molecule has 5 fully saturated rings. The van der Waals surface area contributed by atoms with Crippen LogP contribution in [0, 0.1) is 17.6 Å². The number of carbonyl (C=O) groups excluding carboxylic acids is 4. The highest BCUT2D eigenvalue weighted by molar-refractivity contribution is 6.01. The highest BCUT2D eigenvalue weighted by Crippen LogP contribution is 2.33. The summed E-state index contributed by atoms with van der Waals surface area (Å²) in [6.07, 6.45) is 7.74. The highest BCUT2D eigenvalue weighted by Gasteiger charge is 2.37. The van der Waals surface area contributed by atoms with Crippen LogP contribution < -0.4 is 31.1 Å². The summed E-state index contributed by atoms with van der Waals surface area (Å²) in [5.41, 5.74) is 2.21. The van der Waals surface area contributed by atoms with Crippen LogP contribution in [0.5, 0.6) is 0 Å². The minimum absolute atomic E-state index is 0.0201. The average molecular weight is 816 g/mol. The largest absolute Gasteiger partial charge is 0.374 e. The second-order valence-electron chi connectivity index (χ2n) is 16.6. The van der Waals surface area contributed by atoms with Crippen molar-refractivity contribution in [3.63, 3.8) is 0 Å². The fraction of sp³-hybridized carbons (Fsp3) is 0.535. The molecule has 4 amide bonds. The van der Waals surface area contributed by atoms with Crippen molar-refractivity contribution in [2.45, 2.75) is 107 Å². The molecule has 1 aliphatic carbocycles. The molecule has 4 N–H and O–H groups in total. The van der Waals surface area contributed by atoms with Gasteiger partial charge in [-0.05, 0) is 94.5 Å². The van der Waals surface area contributed by atoms with Gasteiger partial charge in [0, 0.05) is 80.0 Å². The van der Waals surface area contributed by atoms with Gasteiger partial charge in [-0.1, -0.05) is 12.1 Å². The van der Waals surface area contributed by atoms with Crippen LogP contribution >= 0.6 is 0 Å². The van der Waals surface area contributed by atoms with Gasteiger partial charge in [0.05, 0.1) is 18.4 Å². The fourth-order valence-electron chi connectivity index (χ4n) is 9.32. The van der Waals surface area contributed by atoms with Crippen molar-refractivity contribution in [2.24, 2.45) is 5.92 Å². The zero-order valence-electron chi connectivity index (χ0n) is 33.1. The van der Waals surface area contributed by atoms with Gasteiger partial charge in [-0.15, -0.1) is 0 Å². The smallest absolute Gasteiger partial charge is 0.249 e. The van der Waals surface area contributed by atoms with E-state index >= 15 is 8.78 Å². The van der Waals surface area contributed by atoms with Crippen molar-refractivity contribution in [3.8, 4) is 11.3 Å². The normalized spacial score (nSPS) is 26.0. The number of imide groups is 1. The maximum Gasteiger partial charge on any atom is 0.249 e. The lowest BCUT2D eigenvalue weighted by Gasteiger charge is -2.44. The van der Waals surface area contributed by atoms with E-state index in [0.29, 0.717) is 81.2 Å². The molecule has 16 heteroatoms. The fourth-order valence-corrected chi connectivity index (χ4v) is 9.32. The number of likely N-dealkylation sites (tertiary alicyclic amines) is 1. The SMILES string of the molecule is O=C1CCC(Nc2ccc(N3CCC(N4CCC(NC(=O)C5CCC(Nc6ncc(F)c(-c7cccc(N8CCCCC8=O)c7)n6)CC5)CC4)C(F)C3)c(F)c2)C(=O)N1. The number of benzene rings is 2. The van der Waals surface area contributed by atoms with Crippen molar-refractivity contribution in [1.82, 2.24) is 25.5 Å². The van der Waals surface area contributed by atoms with E-state index in [-0.39, 0.29) is 60.4 Å². The molecule has 4 saturated heterocycles. The van der Waals surface area contributed by atoms with Crippen LogP contribution in [-0.4, -0.2) is 102 Å². The molecule has 1 aromatic heterocycles. The average Bonchev–Trinajstić information content (AvgIpc) is 3.23. The van der Waals surface area contributed by atoms with Gasteiger partial charge >= 0.3 is 0 Å². The van der Waals surface area contributed by atoms with E-state index in [1.54, 1.807) is 34.1 Å². The van der Waals surface area contributed by atoms with Gasteiger partial charge < -0.3 is 25.8 Å². The van der Waals surface area contributed by atoms with E-state index in [2.05, 4.69) is 36.1 Å². The van der Waals surface area contributed by atoms with E-state index in [0.717, 1.165) is 44.2 Å². The highest BCUT2D eigenvalue weighted by atomic mass is 19.1. The summed E-state index contributed by atoms with van der Waals surface area (Å²) in [6.45, 7) is 2.55. The van der Waals surface area contributed by atoms with E-state index in [9.17, 15) is 23.6 Å². The Labute approximate surface area is 341 Å². The first kappa shape index (κ1) is 40.5. The second kappa shape index (κ2) is 17.9. The molecule has 5 heterocycles. The molecule has 59 heavy (non-hydrogen) atoms. The number of halogens is 3. The van der Waals surface area contributed by atoms with Gasteiger partial charge in [0.1, 0.15) is 23.7 Å². The maximum atomic E-state index is 15.7. The molecule has 0 bridgehead atoms. The number of piperidine rings is 4. The lowest BCUT2D eigenvalue weighted by molar-refractivity contribution is -0.133. The van der Waals surface area contributed by atoms with Crippen LogP contribution in [0.1, 0.15) is 77.0 Å². The number of nitrogens with one attached hydrogen (secondary N) is 4. The third kappa shape index (κ3) is 9.47. The van der Waals surface area contributed by atoms with Crippen molar-refractivity contribution < 1.29 is 32.3 Å². The minimum atomic E-state index is -1.17. The van der Waals surface area contributed by atoms with Gasteiger partial charge in [-0.2, -0.15) is 0 Å². The Kier molecular flexibility index (Phi) is 12.3. The number of anilines is 4. The lowest BCUT2D eigenvalue weighted by atomic mass is 9.85. The van der Waals surface area contributed by atoms with Gasteiger partial charge in [0.2, 0.25) is 29.6 Å². The molecule has 2 aromatic carbocycles. The van der Waals surface area contributed by atoms with E-state index in [4.69, 9.17) is 0 Å². The zero-order chi connectivity index (χ0) is 41.0. The Morgan fingerprint density at radius 3 is 2.37 bits per heavy atom. The topological polar surface area (TPSA) is 152 Å². The summed E-state index contributed by atoms with van der Waals surface area (Å²) in [5, 5.41) is 11.9. The van der Waals surface area contributed by atoms with E-state index < -0.39 is 29.8 Å². The van der Waals surface area contributed by atoms with Gasteiger partial charge in [0.25, 0.3) is 0 Å². The number of rotatable bonds is 10. The molecule has 3 atom stereocenters. The molecular formula is C43H52F3N9O4. The molecule has 8 rings (SSSR count). The van der Waals surface area contributed by atoms with Crippen LogP contribution in [0.25, 0.3) is 11.3 Å². The zero-order valence-corrected chi connectivity index (χ0v) is 33.1. The first-order chi connectivity index (χ1) is 28.6. The van der Waals surface area contributed by atoms with Crippen molar-refractivity contribution in [2.75, 3.05) is 53.2 Å². The molecule has 4 aliphatic heterocycles. The molecule has 3 aromatic rings. The number of amides is 4. The maximum absolute atomic E-state index is 15.7. The van der Waals surface area contributed by atoms with Crippen molar-refractivity contribution >= 4 is 46.6 Å². The van der Waals surface area contributed by atoms with Crippen LogP contribution in [-0.2, 0) is 19.2 Å². The molecule has 314 valence electrons. The molecule has 13 nitrogen and oxygen atoms in total. The number of hydrogen-bond donors (Lipinski definition) is 4. The van der Waals surface area contributed by atoms with Crippen LogP contribution in [0.3, 0.4) is 0 Å². The number of carbonyl (C=O) groups is 4. The summed E-state index contributed by atoms with van der Waals surface area (Å²) in [6, 6.07) is 11.0. The number of alkyl halides is 1. The predicted molar refractivity (Wildman–Crippen MR) is 217 cm³/mol. The number of aromatic nitrogens is 2. The molecular weight excluding hydrogens is 764 g/mol. The van der Waals surface area contributed by atoms with Crippen molar-refractivity contribution in [1.29, 1.82) is 0 Å². The summed E-state index contributed by atoms with van der Waals surface area (Å²) in [7, 11) is 0. The first-order valence-electron chi connectivity index (χ1n) is 21.1. The molecule has 0 spiro atoms. The van der Waals surface area contributed by atoms with E-state index in [1.165, 1.54) is 12.3 Å². The molecule has 1 saturated carbocycles. The Bertz CT molecular complexity index is 2040. The predicted octanol–water partition coefficient (Wildman–Crippen LogP) is 5.32. The second-order valence-corrected chi connectivity index (χ2v) is 16.6. The first-order valence-corrected chi connectivity index (χ1v) is 21.1. The third-order valence-electron chi connectivity index (χ3n) is 12.7. The van der Waals surface area contributed by atoms with E-state index in [1.807, 2.05) is 12.1 Å². The summed E-state index contributed by atoms with van der Waals surface area (Å²) >= 11 is 0. The number of nitrogens with zero attached hydrogens (tertiary/aromatic N) is 5. The van der Waals surface area contributed by atoms with Gasteiger partial charge in [-0.25, -0.2) is 23.1 Å². The van der Waals surface area contributed by atoms with Crippen molar-refractivity contribution in [3.05, 3.63) is 60.3 Å². The number of hydrogen-bond acceptors (Lipinski definition) is 10. The van der Waals surface area contributed by atoms with Crippen LogP contribution in [0.2, 0.25) is 0 Å². The standard InChI is InChI=1S/C43H52F3N9O4/c44-32-23-30(48-35-12-14-38(56)51-42(35)59)11-13-36(32)54-21-17-37(34(46)25-54)53-19-15-29(16-20-53)49-41(58)26-7-9-28(10-8-26)50-43-47-24-33(45)40(52-43)27-4-3-5-31(22-27)55-18-2-1-6-39(55)57/h3-5,11,13,22-24,26,28-29,34-35,37,48H,1-2,6-10,12,14-21,25H2,(H,49,58)(H,47,50,52)(H,51,56,59). The minimum Gasteiger partial charge on any atom is -0.374 e. The van der Waals surface area contributed by atoms with Gasteiger partial charge in [-0.3, -0.25) is 29.4 Å². The molecule has 5 aliphatic rings. The third-order valence-corrected chi connectivity index (χ3v) is 12.7. The lowest BCUT2D eigenvalue weighted by Crippen LogP contribution is -2.56. The summed E-state index contributed by atoms with van der Waals surface area (Å²) in [5.74, 6) is -1.48. The summed E-state index contributed by atoms with van der Waals surface area (Å²) in [4.78, 5) is 63.7. The summed E-state index contributed by atoms with van der Waals surface area (Å²) < 4.78 is 45.9. The Balaban J connectivity index is 0.766. The molecule has 3 unspecified atom stereocenters. The molecule has 0 radical (unpaired) electrons. The quantitative estimate of drug-likeness (QED) is 0.198. The Morgan fingerprint density at radius 1 is 0.814 bits per heavy atom. The van der Waals surface area contributed by atoms with Crippen LogP contribution in [0.15, 0.2) is 48.7 Å². The Hall–Kier alpha value is -5.25. The van der Waals surface area contributed by atoms with Gasteiger partial charge in [0.15, 0.2) is 5.82 Å².